The number of benzene rings is 1. The van der Waals surface area contributed by atoms with Gasteiger partial charge in [-0.05, 0) is 18.2 Å². The number of rotatable bonds is 5. The number of hydrogen-bond acceptors (Lipinski definition) is 4. The number of carbonyl (C=O) groups excluding carboxylic acids is 1. The molecule has 0 radical (unpaired) electrons. The van der Waals surface area contributed by atoms with Crippen LogP contribution in [0.3, 0.4) is 0 Å². The number of methoxy groups -OCH3 is 1. The van der Waals surface area contributed by atoms with Crippen molar-refractivity contribution in [1.82, 2.24) is 0 Å². The van der Waals surface area contributed by atoms with Gasteiger partial charge in [-0.2, -0.15) is 0 Å². The van der Waals surface area contributed by atoms with Gasteiger partial charge in [0.25, 0.3) is 0 Å². The number of aldehydes is 1. The van der Waals surface area contributed by atoms with E-state index in [2.05, 4.69) is 12.6 Å². The van der Waals surface area contributed by atoms with Crippen molar-refractivity contribution in [3.63, 3.8) is 0 Å². The third-order valence-corrected chi connectivity index (χ3v) is 2.07. The van der Waals surface area contributed by atoms with Gasteiger partial charge in [0.2, 0.25) is 0 Å². The Balaban J connectivity index is 2.62. The van der Waals surface area contributed by atoms with Gasteiger partial charge in [0.1, 0.15) is 12.4 Å². The van der Waals surface area contributed by atoms with Gasteiger partial charge in [-0.1, -0.05) is 0 Å². The highest BCUT2D eigenvalue weighted by atomic mass is 32.1. The van der Waals surface area contributed by atoms with E-state index in [-0.39, 0.29) is 0 Å². The molecule has 0 saturated carbocycles. The number of thiol groups is 1. The summed E-state index contributed by atoms with van der Waals surface area (Å²) in [6.07, 6.45) is 0.765. The summed E-state index contributed by atoms with van der Waals surface area (Å²) >= 11 is 4.15. The van der Waals surface area contributed by atoms with Crippen LogP contribution in [0.15, 0.2) is 23.1 Å². The Kier molecular flexibility index (Phi) is 4.49. The molecular weight excluding hydrogens is 200 g/mol. The fourth-order valence-corrected chi connectivity index (χ4v) is 1.21. The first-order valence-electron chi connectivity index (χ1n) is 4.18. The summed E-state index contributed by atoms with van der Waals surface area (Å²) < 4.78 is 10.2. The van der Waals surface area contributed by atoms with Crippen molar-refractivity contribution in [2.45, 2.75) is 4.90 Å². The van der Waals surface area contributed by atoms with Crippen LogP contribution in [-0.4, -0.2) is 26.6 Å². The molecule has 76 valence electrons. The molecule has 0 unspecified atom stereocenters. The molecule has 0 amide bonds. The molecule has 0 aliphatic carbocycles. The molecule has 14 heavy (non-hydrogen) atoms. The highest BCUT2D eigenvalue weighted by molar-refractivity contribution is 7.80. The lowest BCUT2D eigenvalue weighted by molar-refractivity contribution is 0.112. The average molecular weight is 212 g/mol. The maximum absolute atomic E-state index is 10.5. The maximum Gasteiger partial charge on any atom is 0.151 e. The zero-order valence-electron chi connectivity index (χ0n) is 7.90. The van der Waals surface area contributed by atoms with Crippen LogP contribution in [0.1, 0.15) is 10.4 Å². The largest absolute Gasteiger partial charge is 0.491 e. The van der Waals surface area contributed by atoms with Crippen LogP contribution in [0, 0.1) is 0 Å². The van der Waals surface area contributed by atoms with Gasteiger partial charge >= 0.3 is 0 Å². The van der Waals surface area contributed by atoms with Crippen LogP contribution in [0.4, 0.5) is 0 Å². The molecule has 0 fully saturated rings. The van der Waals surface area contributed by atoms with E-state index in [1.165, 1.54) is 0 Å². The molecule has 3 nitrogen and oxygen atoms in total. The van der Waals surface area contributed by atoms with Crippen LogP contribution in [0.25, 0.3) is 0 Å². The fourth-order valence-electron chi connectivity index (χ4n) is 0.956. The topological polar surface area (TPSA) is 35.5 Å². The van der Waals surface area contributed by atoms with Gasteiger partial charge in [-0.15, -0.1) is 12.6 Å². The van der Waals surface area contributed by atoms with Crippen LogP contribution in [0.5, 0.6) is 5.75 Å². The van der Waals surface area contributed by atoms with E-state index in [9.17, 15) is 4.79 Å². The van der Waals surface area contributed by atoms with Crippen molar-refractivity contribution >= 4 is 18.9 Å². The van der Waals surface area contributed by atoms with Gasteiger partial charge in [0.15, 0.2) is 6.29 Å². The third kappa shape index (κ3) is 3.05. The van der Waals surface area contributed by atoms with Crippen LogP contribution >= 0.6 is 12.6 Å². The lowest BCUT2D eigenvalue weighted by Gasteiger charge is -2.06. The average Bonchev–Trinajstić information content (AvgIpc) is 2.18. The van der Waals surface area contributed by atoms with Crippen molar-refractivity contribution in [2.24, 2.45) is 0 Å². The second-order valence-electron chi connectivity index (χ2n) is 2.68. The standard InChI is InChI=1S/C10H12O3S/c1-12-4-5-13-9-3-2-8(7-11)10(14)6-9/h2-3,6-7,14H,4-5H2,1H3. The molecule has 0 atom stereocenters. The zero-order valence-corrected chi connectivity index (χ0v) is 8.79. The van der Waals surface area contributed by atoms with Crippen LogP contribution in [-0.2, 0) is 4.74 Å². The second kappa shape index (κ2) is 5.67. The normalized spacial score (nSPS) is 9.86. The Morgan fingerprint density at radius 2 is 2.21 bits per heavy atom. The van der Waals surface area contributed by atoms with Gasteiger partial charge in [0.05, 0.1) is 6.61 Å². The van der Waals surface area contributed by atoms with Gasteiger partial charge < -0.3 is 9.47 Å². The minimum Gasteiger partial charge on any atom is -0.491 e. The number of ether oxygens (including phenoxy) is 2. The Morgan fingerprint density at radius 1 is 1.43 bits per heavy atom. The predicted octanol–water partition coefficient (Wildman–Crippen LogP) is 1.81. The summed E-state index contributed by atoms with van der Waals surface area (Å²) in [7, 11) is 1.61. The number of carbonyl (C=O) groups is 1. The molecule has 0 heterocycles. The summed E-state index contributed by atoms with van der Waals surface area (Å²) in [5, 5.41) is 0. The van der Waals surface area contributed by atoms with E-state index in [4.69, 9.17) is 9.47 Å². The number of hydrogen-bond donors (Lipinski definition) is 1. The molecule has 0 aliphatic heterocycles. The van der Waals surface area contributed by atoms with E-state index in [1.54, 1.807) is 25.3 Å². The summed E-state index contributed by atoms with van der Waals surface area (Å²) in [4.78, 5) is 11.1. The van der Waals surface area contributed by atoms with E-state index in [0.717, 1.165) is 6.29 Å². The first-order chi connectivity index (χ1) is 6.77. The second-order valence-corrected chi connectivity index (χ2v) is 3.16. The maximum atomic E-state index is 10.5. The molecule has 0 N–H and O–H groups in total. The monoisotopic (exact) mass is 212 g/mol. The molecular formula is C10H12O3S. The lowest BCUT2D eigenvalue weighted by Crippen LogP contribution is -2.04. The smallest absolute Gasteiger partial charge is 0.151 e. The zero-order chi connectivity index (χ0) is 10.4. The Morgan fingerprint density at radius 3 is 2.79 bits per heavy atom. The van der Waals surface area contributed by atoms with Gasteiger partial charge in [-0.25, -0.2) is 0 Å². The molecule has 0 aromatic heterocycles. The summed E-state index contributed by atoms with van der Waals surface area (Å²) in [6.45, 7) is 1.03. The highest BCUT2D eigenvalue weighted by Crippen LogP contribution is 2.19. The molecule has 4 heteroatoms. The van der Waals surface area contributed by atoms with E-state index < -0.39 is 0 Å². The van der Waals surface area contributed by atoms with Crippen molar-refractivity contribution < 1.29 is 14.3 Å². The molecule has 1 aromatic carbocycles. The Labute approximate surface area is 88.4 Å². The van der Waals surface area contributed by atoms with Crippen LogP contribution in [0.2, 0.25) is 0 Å². The van der Waals surface area contributed by atoms with E-state index >= 15 is 0 Å². The van der Waals surface area contributed by atoms with Gasteiger partial charge in [0, 0.05) is 17.6 Å². The minimum absolute atomic E-state index is 0.490. The Bertz CT molecular complexity index is 312. The first kappa shape index (κ1) is 11.1. The predicted molar refractivity (Wildman–Crippen MR) is 56.5 cm³/mol. The molecule has 0 bridgehead atoms. The van der Waals surface area contributed by atoms with Gasteiger partial charge in [-0.3, -0.25) is 4.79 Å². The third-order valence-electron chi connectivity index (χ3n) is 1.69. The SMILES string of the molecule is COCCOc1ccc(C=O)c(S)c1. The molecule has 0 saturated heterocycles. The quantitative estimate of drug-likeness (QED) is 0.459. The van der Waals surface area contributed by atoms with Crippen molar-refractivity contribution in [1.29, 1.82) is 0 Å². The minimum atomic E-state index is 0.490. The first-order valence-corrected chi connectivity index (χ1v) is 4.62. The summed E-state index contributed by atoms with van der Waals surface area (Å²) in [5.74, 6) is 0.692. The van der Waals surface area contributed by atoms with E-state index in [0.29, 0.717) is 29.4 Å². The Hall–Kier alpha value is -1.00. The highest BCUT2D eigenvalue weighted by Gasteiger charge is 1.99. The summed E-state index contributed by atoms with van der Waals surface area (Å²) in [6, 6.07) is 5.12. The van der Waals surface area contributed by atoms with E-state index in [1.807, 2.05) is 0 Å². The van der Waals surface area contributed by atoms with Crippen molar-refractivity contribution in [3.05, 3.63) is 23.8 Å². The van der Waals surface area contributed by atoms with Crippen molar-refractivity contribution in [2.75, 3.05) is 20.3 Å². The molecule has 0 aliphatic rings. The van der Waals surface area contributed by atoms with Crippen molar-refractivity contribution in [3.8, 4) is 5.75 Å². The molecule has 0 spiro atoms. The fraction of sp³-hybridized carbons (Fsp3) is 0.300. The summed E-state index contributed by atoms with van der Waals surface area (Å²) in [5.41, 5.74) is 0.562. The lowest BCUT2D eigenvalue weighted by atomic mass is 10.2. The molecule has 1 rings (SSSR count). The molecule has 1 aromatic rings. The van der Waals surface area contributed by atoms with Crippen LogP contribution < -0.4 is 4.74 Å².